The molecule has 0 bridgehead atoms. The van der Waals surface area contributed by atoms with Crippen molar-refractivity contribution in [2.24, 2.45) is 5.10 Å². The van der Waals surface area contributed by atoms with E-state index in [0.717, 1.165) is 24.0 Å². The number of aryl methyl sites for hydroxylation is 1. The van der Waals surface area contributed by atoms with E-state index in [1.807, 2.05) is 18.2 Å². The van der Waals surface area contributed by atoms with Gasteiger partial charge in [-0.3, -0.25) is 4.79 Å². The molecule has 0 fully saturated rings. The maximum absolute atomic E-state index is 12.7. The Morgan fingerprint density at radius 1 is 1.05 bits per heavy atom. The Bertz CT molecular complexity index is 1550. The van der Waals surface area contributed by atoms with Crippen LogP contribution in [-0.2, 0) is 20.9 Å². The normalized spacial score (nSPS) is 14.6. The monoisotopic (exact) mass is 824 g/mol. The van der Waals surface area contributed by atoms with Crippen molar-refractivity contribution in [1.29, 1.82) is 0 Å². The quantitative estimate of drug-likeness (QED) is 0.0748. The summed E-state index contributed by atoms with van der Waals surface area (Å²) in [6, 6.07) is 18.6. The van der Waals surface area contributed by atoms with Crippen LogP contribution in [0.4, 0.5) is 0 Å². The molecular weight excluding hydrogens is 794 g/mol. The fraction of sp³-hybridized carbons (Fsp3) is 0.226. The van der Waals surface area contributed by atoms with Crippen LogP contribution in [0, 0.1) is 14.1 Å². The van der Waals surface area contributed by atoms with Crippen molar-refractivity contribution < 1.29 is 23.8 Å². The third-order valence-electron chi connectivity index (χ3n) is 6.28. The third-order valence-corrected chi connectivity index (χ3v) is 8.10. The average molecular weight is 824 g/mol. The molecule has 3 N–H and O–H groups in total. The maximum atomic E-state index is 12.7. The summed E-state index contributed by atoms with van der Waals surface area (Å²) in [6.45, 7) is 5.97. The van der Waals surface area contributed by atoms with Crippen LogP contribution >= 0.6 is 57.4 Å². The number of thiocarbonyl (C=S) groups is 1. The van der Waals surface area contributed by atoms with Crippen LogP contribution in [0.5, 0.6) is 11.5 Å². The molecule has 0 spiro atoms. The van der Waals surface area contributed by atoms with E-state index in [2.05, 4.69) is 97.5 Å². The Morgan fingerprint density at radius 2 is 1.74 bits per heavy atom. The fourth-order valence-electron chi connectivity index (χ4n) is 4.24. The molecule has 12 heteroatoms. The first-order valence-electron chi connectivity index (χ1n) is 13.3. The highest BCUT2D eigenvalue weighted by Gasteiger charge is 2.32. The lowest BCUT2D eigenvalue weighted by Gasteiger charge is -2.30. The summed E-state index contributed by atoms with van der Waals surface area (Å²) in [5.41, 5.74) is 7.22. The number of allylic oxidation sites excluding steroid dienone is 1. The van der Waals surface area contributed by atoms with Crippen molar-refractivity contribution >= 4 is 80.6 Å². The lowest BCUT2D eigenvalue weighted by Crippen LogP contribution is -2.45. The van der Waals surface area contributed by atoms with Gasteiger partial charge in [0.2, 0.25) is 0 Å². The highest BCUT2D eigenvalue weighted by atomic mass is 127. The maximum Gasteiger partial charge on any atom is 0.338 e. The van der Waals surface area contributed by atoms with Gasteiger partial charge in [-0.1, -0.05) is 48.0 Å². The van der Waals surface area contributed by atoms with Crippen molar-refractivity contribution in [3.8, 4) is 11.5 Å². The number of halogens is 2. The Kier molecular flexibility index (Phi) is 11.8. The molecule has 0 unspecified atom stereocenters. The van der Waals surface area contributed by atoms with Crippen LogP contribution in [0.3, 0.4) is 0 Å². The Balaban J connectivity index is 1.37. The van der Waals surface area contributed by atoms with E-state index in [1.165, 1.54) is 5.56 Å². The lowest BCUT2D eigenvalue weighted by atomic mass is 9.95. The molecule has 1 aliphatic rings. The van der Waals surface area contributed by atoms with Gasteiger partial charge in [0.05, 0.1) is 31.6 Å². The van der Waals surface area contributed by atoms with Crippen LogP contribution in [0.1, 0.15) is 42.1 Å². The number of hydrazone groups is 1. The number of ether oxygens (including phenoxy) is 3. The summed E-state index contributed by atoms with van der Waals surface area (Å²) in [7, 11) is 0. The van der Waals surface area contributed by atoms with E-state index in [1.54, 1.807) is 38.3 Å². The molecule has 3 aromatic carbocycles. The number of nitrogens with one attached hydrogen (secondary N) is 3. The molecule has 4 rings (SSSR count). The van der Waals surface area contributed by atoms with Crippen LogP contribution < -0.4 is 25.5 Å². The number of carbonyl (C=O) groups excluding carboxylic acids is 2. The molecule has 3 aromatic rings. The van der Waals surface area contributed by atoms with Gasteiger partial charge in [-0.05, 0) is 107 Å². The molecule has 224 valence electrons. The minimum atomic E-state index is -0.612. The number of hydrogen-bond donors (Lipinski definition) is 3. The summed E-state index contributed by atoms with van der Waals surface area (Å²) in [5, 5.41) is 10.5. The number of benzene rings is 3. The predicted molar refractivity (Wildman–Crippen MR) is 186 cm³/mol. The van der Waals surface area contributed by atoms with Crippen molar-refractivity contribution in [3.05, 3.63) is 101 Å². The number of esters is 1. The number of carbonyl (C=O) groups is 2. The highest BCUT2D eigenvalue weighted by Crippen LogP contribution is 2.34. The van der Waals surface area contributed by atoms with Gasteiger partial charge in [-0.25, -0.2) is 10.2 Å². The topological polar surface area (TPSA) is 110 Å². The zero-order chi connectivity index (χ0) is 30.9. The Morgan fingerprint density at radius 3 is 2.44 bits per heavy atom. The molecule has 0 aromatic heterocycles. The SMILES string of the molecule is CCOC(=O)C1=C(C)NC(=S)N[C@@H]1c1ccccc1OCC(=O)NN=Cc1cc(I)c(OCc2ccc(C)cc2)c(I)c1. The first kappa shape index (κ1) is 32.7. The Labute approximate surface area is 283 Å². The smallest absolute Gasteiger partial charge is 0.338 e. The first-order valence-corrected chi connectivity index (χ1v) is 15.9. The molecular formula is C31H30I2N4O5S. The molecule has 9 nitrogen and oxygen atoms in total. The zero-order valence-corrected chi connectivity index (χ0v) is 28.8. The largest absolute Gasteiger partial charge is 0.487 e. The molecule has 0 aliphatic carbocycles. The van der Waals surface area contributed by atoms with Gasteiger partial charge in [0.1, 0.15) is 18.1 Å². The second kappa shape index (κ2) is 15.5. The van der Waals surface area contributed by atoms with Crippen LogP contribution in [0.25, 0.3) is 0 Å². The predicted octanol–water partition coefficient (Wildman–Crippen LogP) is 5.67. The number of rotatable bonds is 11. The lowest BCUT2D eigenvalue weighted by molar-refractivity contribution is -0.139. The van der Waals surface area contributed by atoms with Crippen LogP contribution in [-0.4, -0.2) is 36.4 Å². The highest BCUT2D eigenvalue weighted by molar-refractivity contribution is 14.1. The molecule has 0 saturated heterocycles. The number of para-hydroxylation sites is 1. The molecule has 1 heterocycles. The molecule has 1 amide bonds. The van der Waals surface area contributed by atoms with Crippen LogP contribution in [0.15, 0.2) is 77.0 Å². The summed E-state index contributed by atoms with van der Waals surface area (Å²) in [5.74, 6) is 0.308. The van der Waals surface area contributed by atoms with Gasteiger partial charge in [-0.2, -0.15) is 5.10 Å². The van der Waals surface area contributed by atoms with Gasteiger partial charge in [0.25, 0.3) is 5.91 Å². The van der Waals surface area contributed by atoms with Crippen molar-refractivity contribution in [2.45, 2.75) is 33.4 Å². The molecule has 1 aliphatic heterocycles. The summed E-state index contributed by atoms with van der Waals surface area (Å²) in [6.07, 6.45) is 1.57. The van der Waals surface area contributed by atoms with Crippen molar-refractivity contribution in [2.75, 3.05) is 13.2 Å². The van der Waals surface area contributed by atoms with Gasteiger partial charge in [0, 0.05) is 11.3 Å². The zero-order valence-electron chi connectivity index (χ0n) is 23.7. The average Bonchev–Trinajstić information content (AvgIpc) is 2.96. The molecule has 0 radical (unpaired) electrons. The van der Waals surface area contributed by atoms with Gasteiger partial charge < -0.3 is 24.8 Å². The van der Waals surface area contributed by atoms with E-state index in [0.29, 0.717) is 34.3 Å². The summed E-state index contributed by atoms with van der Waals surface area (Å²) >= 11 is 9.79. The minimum absolute atomic E-state index is 0.232. The number of nitrogens with zero attached hydrogens (tertiary/aromatic N) is 1. The van der Waals surface area contributed by atoms with E-state index < -0.39 is 17.9 Å². The van der Waals surface area contributed by atoms with E-state index in [4.69, 9.17) is 26.4 Å². The summed E-state index contributed by atoms with van der Waals surface area (Å²) < 4.78 is 19.1. The fourth-order valence-corrected chi connectivity index (χ4v) is 6.64. The van der Waals surface area contributed by atoms with Crippen molar-refractivity contribution in [1.82, 2.24) is 16.1 Å². The van der Waals surface area contributed by atoms with E-state index in [9.17, 15) is 9.59 Å². The molecule has 0 saturated carbocycles. The number of hydrogen-bond acceptors (Lipinski definition) is 7. The standard InChI is InChI=1S/C31H30I2N4O5S/c1-4-40-30(39)27-19(3)35-31(43)36-28(27)22-7-5-6-8-25(22)41-17-26(38)37-34-15-21-13-23(32)29(24(33)14-21)42-16-20-11-9-18(2)10-12-20/h5-15,28H,4,16-17H2,1-3H3,(H,37,38)(H2,35,36,43)/t28-/m1/s1. The second-order valence-corrected chi connectivity index (χ2v) is 12.2. The second-order valence-electron chi connectivity index (χ2n) is 9.50. The first-order chi connectivity index (χ1) is 20.7. The Hall–Kier alpha value is -3.24. The van der Waals surface area contributed by atoms with Gasteiger partial charge >= 0.3 is 5.97 Å². The third kappa shape index (κ3) is 8.89. The van der Waals surface area contributed by atoms with Gasteiger partial charge in [-0.15, -0.1) is 0 Å². The number of amides is 1. The molecule has 43 heavy (non-hydrogen) atoms. The summed E-state index contributed by atoms with van der Waals surface area (Å²) in [4.78, 5) is 25.3. The van der Waals surface area contributed by atoms with Crippen LogP contribution in [0.2, 0.25) is 0 Å². The van der Waals surface area contributed by atoms with Gasteiger partial charge in [0.15, 0.2) is 11.7 Å². The minimum Gasteiger partial charge on any atom is -0.487 e. The van der Waals surface area contributed by atoms with E-state index >= 15 is 0 Å². The van der Waals surface area contributed by atoms with E-state index in [-0.39, 0.29) is 13.2 Å². The molecule has 1 atom stereocenters. The van der Waals surface area contributed by atoms with Crippen molar-refractivity contribution in [3.63, 3.8) is 0 Å².